The topological polar surface area (TPSA) is 52.3 Å². The van der Waals surface area contributed by atoms with Gasteiger partial charge in [0.1, 0.15) is 10.7 Å². The standard InChI is InChI=1S/C13H11BrFNO2S/c1-6-10(16)12(13(17)18-2)19-11(6)7-3-4-9(15)8(14)5-7/h3-5H,16H2,1-2H3. The Hall–Kier alpha value is -1.40. The maximum Gasteiger partial charge on any atom is 0.350 e. The van der Waals surface area contributed by atoms with E-state index in [0.29, 0.717) is 15.0 Å². The zero-order valence-electron chi connectivity index (χ0n) is 10.3. The summed E-state index contributed by atoms with van der Waals surface area (Å²) in [5, 5.41) is 0. The van der Waals surface area contributed by atoms with Crippen LogP contribution in [-0.2, 0) is 4.74 Å². The number of methoxy groups -OCH3 is 1. The van der Waals surface area contributed by atoms with Gasteiger partial charge in [0, 0.05) is 4.88 Å². The normalized spacial score (nSPS) is 10.5. The van der Waals surface area contributed by atoms with E-state index in [2.05, 4.69) is 20.7 Å². The molecule has 0 amide bonds. The SMILES string of the molecule is COC(=O)c1sc(-c2ccc(F)c(Br)c2)c(C)c1N. The molecule has 2 aromatic rings. The first-order valence-electron chi connectivity index (χ1n) is 5.38. The number of esters is 1. The molecular formula is C13H11BrFNO2S. The van der Waals surface area contributed by atoms with Gasteiger partial charge in [0.25, 0.3) is 0 Å². The Morgan fingerprint density at radius 2 is 2.16 bits per heavy atom. The number of nitrogens with two attached hydrogens (primary N) is 1. The summed E-state index contributed by atoms with van der Waals surface area (Å²) < 4.78 is 18.3. The van der Waals surface area contributed by atoms with E-state index < -0.39 is 5.97 Å². The van der Waals surface area contributed by atoms with Crippen molar-refractivity contribution in [3.05, 3.63) is 38.9 Å². The monoisotopic (exact) mass is 343 g/mol. The summed E-state index contributed by atoms with van der Waals surface area (Å²) in [4.78, 5) is 12.8. The zero-order valence-corrected chi connectivity index (χ0v) is 12.7. The largest absolute Gasteiger partial charge is 0.465 e. The molecule has 0 spiro atoms. The molecule has 6 heteroatoms. The summed E-state index contributed by atoms with van der Waals surface area (Å²) in [6.45, 7) is 1.82. The van der Waals surface area contributed by atoms with Gasteiger partial charge in [0.05, 0.1) is 17.3 Å². The summed E-state index contributed by atoms with van der Waals surface area (Å²) in [5.41, 5.74) is 7.92. The summed E-state index contributed by atoms with van der Waals surface area (Å²) in [7, 11) is 1.31. The number of anilines is 1. The Morgan fingerprint density at radius 1 is 1.47 bits per heavy atom. The minimum absolute atomic E-state index is 0.334. The molecule has 0 saturated carbocycles. The van der Waals surface area contributed by atoms with Crippen molar-refractivity contribution in [1.82, 2.24) is 0 Å². The van der Waals surface area contributed by atoms with Crippen LogP contribution in [0, 0.1) is 12.7 Å². The first-order chi connectivity index (χ1) is 8.95. The van der Waals surface area contributed by atoms with Crippen LogP contribution in [0.15, 0.2) is 22.7 Å². The molecule has 0 saturated heterocycles. The molecule has 0 atom stereocenters. The second kappa shape index (κ2) is 5.30. The van der Waals surface area contributed by atoms with Crippen LogP contribution >= 0.6 is 27.3 Å². The number of rotatable bonds is 2. The summed E-state index contributed by atoms with van der Waals surface area (Å²) in [6, 6.07) is 4.68. The Morgan fingerprint density at radius 3 is 2.74 bits per heavy atom. The van der Waals surface area contributed by atoms with Crippen molar-refractivity contribution in [3.63, 3.8) is 0 Å². The quantitative estimate of drug-likeness (QED) is 0.838. The fourth-order valence-corrected chi connectivity index (χ4v) is 3.20. The van der Waals surface area contributed by atoms with E-state index in [1.165, 1.54) is 24.5 Å². The molecule has 0 bridgehead atoms. The number of halogens is 2. The van der Waals surface area contributed by atoms with Gasteiger partial charge in [-0.3, -0.25) is 0 Å². The van der Waals surface area contributed by atoms with Gasteiger partial charge in [0.15, 0.2) is 0 Å². The van der Waals surface area contributed by atoms with Gasteiger partial charge in [-0.2, -0.15) is 0 Å². The van der Waals surface area contributed by atoms with Gasteiger partial charge >= 0.3 is 5.97 Å². The van der Waals surface area contributed by atoms with Gasteiger partial charge in [-0.05, 0) is 46.1 Å². The average molecular weight is 344 g/mol. The number of thiophene rings is 1. The van der Waals surface area contributed by atoms with Gasteiger partial charge in [0.2, 0.25) is 0 Å². The van der Waals surface area contributed by atoms with Crippen LogP contribution in [0.5, 0.6) is 0 Å². The molecule has 19 heavy (non-hydrogen) atoms. The van der Waals surface area contributed by atoms with Gasteiger partial charge < -0.3 is 10.5 Å². The molecule has 1 aromatic heterocycles. The highest BCUT2D eigenvalue weighted by atomic mass is 79.9. The molecule has 3 nitrogen and oxygen atoms in total. The van der Waals surface area contributed by atoms with Crippen molar-refractivity contribution in [2.45, 2.75) is 6.92 Å². The molecule has 0 unspecified atom stereocenters. The Balaban J connectivity index is 2.57. The van der Waals surface area contributed by atoms with E-state index >= 15 is 0 Å². The number of hydrogen-bond donors (Lipinski definition) is 1. The van der Waals surface area contributed by atoms with Crippen molar-refractivity contribution in [1.29, 1.82) is 0 Å². The van der Waals surface area contributed by atoms with Crippen LogP contribution in [-0.4, -0.2) is 13.1 Å². The predicted octanol–water partition coefficient (Wildman–Crippen LogP) is 3.99. The number of carbonyl (C=O) groups excluding carboxylic acids is 1. The third-order valence-corrected chi connectivity index (χ3v) is 4.69. The number of benzene rings is 1. The molecule has 0 aliphatic carbocycles. The van der Waals surface area contributed by atoms with Crippen molar-refractivity contribution < 1.29 is 13.9 Å². The predicted molar refractivity (Wildman–Crippen MR) is 77.9 cm³/mol. The number of nitrogen functional groups attached to an aromatic ring is 1. The third-order valence-electron chi connectivity index (χ3n) is 2.75. The van der Waals surface area contributed by atoms with Crippen LogP contribution in [0.4, 0.5) is 10.1 Å². The molecule has 0 aliphatic rings. The van der Waals surface area contributed by atoms with Gasteiger partial charge in [-0.25, -0.2) is 9.18 Å². The molecule has 100 valence electrons. The maximum atomic E-state index is 13.2. The van der Waals surface area contributed by atoms with Crippen LogP contribution in [0.1, 0.15) is 15.2 Å². The summed E-state index contributed by atoms with van der Waals surface area (Å²) >= 11 is 4.39. The highest BCUT2D eigenvalue weighted by Crippen LogP contribution is 2.39. The van der Waals surface area contributed by atoms with Crippen molar-refractivity contribution >= 4 is 38.9 Å². The number of hydrogen-bond acceptors (Lipinski definition) is 4. The fraction of sp³-hybridized carbons (Fsp3) is 0.154. The zero-order chi connectivity index (χ0) is 14.2. The van der Waals surface area contributed by atoms with Crippen LogP contribution in [0.2, 0.25) is 0 Å². The molecule has 0 aliphatic heterocycles. The van der Waals surface area contributed by atoms with Crippen LogP contribution in [0.3, 0.4) is 0 Å². The number of ether oxygens (including phenoxy) is 1. The van der Waals surface area contributed by atoms with E-state index in [9.17, 15) is 9.18 Å². The van der Waals surface area contributed by atoms with Crippen LogP contribution in [0.25, 0.3) is 10.4 Å². The smallest absolute Gasteiger partial charge is 0.350 e. The molecule has 2 rings (SSSR count). The minimum Gasteiger partial charge on any atom is -0.465 e. The lowest BCUT2D eigenvalue weighted by Gasteiger charge is -2.02. The Kier molecular flexibility index (Phi) is 3.91. The molecule has 1 aromatic carbocycles. The highest BCUT2D eigenvalue weighted by molar-refractivity contribution is 9.10. The average Bonchev–Trinajstić information content (AvgIpc) is 2.69. The number of carbonyl (C=O) groups is 1. The lowest BCUT2D eigenvalue weighted by Crippen LogP contribution is -2.01. The first-order valence-corrected chi connectivity index (χ1v) is 6.99. The minimum atomic E-state index is -0.460. The first kappa shape index (κ1) is 14.0. The molecular weight excluding hydrogens is 333 g/mol. The maximum absolute atomic E-state index is 13.2. The molecule has 1 heterocycles. The fourth-order valence-electron chi connectivity index (χ4n) is 1.68. The van der Waals surface area contributed by atoms with E-state index in [4.69, 9.17) is 5.73 Å². The van der Waals surface area contributed by atoms with Crippen molar-refractivity contribution in [3.8, 4) is 10.4 Å². The second-order valence-electron chi connectivity index (χ2n) is 3.92. The second-order valence-corrected chi connectivity index (χ2v) is 5.79. The van der Waals surface area contributed by atoms with Crippen molar-refractivity contribution in [2.24, 2.45) is 0 Å². The van der Waals surface area contributed by atoms with E-state index in [1.807, 2.05) is 6.92 Å². The molecule has 0 radical (unpaired) electrons. The molecule has 2 N–H and O–H groups in total. The Bertz CT molecular complexity index is 654. The van der Waals surface area contributed by atoms with E-state index in [1.54, 1.807) is 12.1 Å². The lowest BCUT2D eigenvalue weighted by atomic mass is 10.1. The summed E-state index contributed by atoms with van der Waals surface area (Å²) in [6.07, 6.45) is 0. The van der Waals surface area contributed by atoms with Crippen LogP contribution < -0.4 is 5.73 Å². The Labute approximate surface area is 122 Å². The lowest BCUT2D eigenvalue weighted by molar-refractivity contribution is 0.0607. The third kappa shape index (κ3) is 2.50. The van der Waals surface area contributed by atoms with Gasteiger partial charge in [-0.1, -0.05) is 6.07 Å². The van der Waals surface area contributed by atoms with Gasteiger partial charge in [-0.15, -0.1) is 11.3 Å². The molecule has 0 fully saturated rings. The highest BCUT2D eigenvalue weighted by Gasteiger charge is 2.20. The summed E-state index contributed by atoms with van der Waals surface area (Å²) in [5.74, 6) is -0.794. The van der Waals surface area contributed by atoms with Crippen molar-refractivity contribution in [2.75, 3.05) is 12.8 Å². The van der Waals surface area contributed by atoms with E-state index in [0.717, 1.165) is 16.0 Å². The van der Waals surface area contributed by atoms with E-state index in [-0.39, 0.29) is 5.82 Å².